The van der Waals surface area contributed by atoms with E-state index < -0.39 is 0 Å². The summed E-state index contributed by atoms with van der Waals surface area (Å²) in [6, 6.07) is 11.5. The summed E-state index contributed by atoms with van der Waals surface area (Å²) in [6.07, 6.45) is 0. The van der Waals surface area contributed by atoms with Crippen molar-refractivity contribution < 1.29 is 14.3 Å². The molecule has 2 aromatic carbocycles. The third kappa shape index (κ3) is 7.88. The first kappa shape index (κ1) is 23.5. The summed E-state index contributed by atoms with van der Waals surface area (Å²) in [5.41, 5.74) is 1.76. The van der Waals surface area contributed by atoms with E-state index in [9.17, 15) is 4.79 Å². The Balaban J connectivity index is 2.04. The van der Waals surface area contributed by atoms with Gasteiger partial charge in [-0.1, -0.05) is 45.7 Å². The lowest BCUT2D eigenvalue weighted by atomic mass is 10.1. The van der Waals surface area contributed by atoms with Gasteiger partial charge in [0, 0.05) is 28.1 Å². The molecule has 0 aliphatic carbocycles. The van der Waals surface area contributed by atoms with Crippen molar-refractivity contribution in [1.29, 1.82) is 0 Å². The zero-order valence-corrected chi connectivity index (χ0v) is 19.6. The Labute approximate surface area is 186 Å². The molecule has 0 heterocycles. The summed E-state index contributed by atoms with van der Waals surface area (Å²) >= 11 is 9.79. The highest BCUT2D eigenvalue weighted by Gasteiger charge is 2.16. The van der Waals surface area contributed by atoms with Crippen LogP contribution in [0.4, 0.5) is 0 Å². The average molecular weight is 484 g/mol. The molecule has 0 fully saturated rings. The van der Waals surface area contributed by atoms with Gasteiger partial charge in [0.2, 0.25) is 0 Å². The smallest absolute Gasteiger partial charge is 0.258 e. The minimum absolute atomic E-state index is 0.0755. The molecule has 0 unspecified atom stereocenters. The van der Waals surface area contributed by atoms with E-state index in [2.05, 4.69) is 26.6 Å². The molecule has 1 amide bonds. The lowest BCUT2D eigenvalue weighted by Gasteiger charge is -2.21. The summed E-state index contributed by atoms with van der Waals surface area (Å²) < 4.78 is 12.3. The monoisotopic (exact) mass is 482 g/mol. The Kier molecular flexibility index (Phi) is 8.80. The highest BCUT2D eigenvalue weighted by atomic mass is 79.9. The van der Waals surface area contributed by atoms with E-state index in [-0.39, 0.29) is 18.1 Å². The Bertz CT molecular complexity index is 837. The fourth-order valence-corrected chi connectivity index (χ4v) is 3.33. The van der Waals surface area contributed by atoms with Crippen LogP contribution < -0.4 is 20.1 Å². The van der Waals surface area contributed by atoms with Crippen LogP contribution in [0.5, 0.6) is 11.5 Å². The van der Waals surface area contributed by atoms with Gasteiger partial charge in [-0.2, -0.15) is 0 Å². The van der Waals surface area contributed by atoms with Crippen molar-refractivity contribution in [2.75, 3.05) is 13.2 Å². The van der Waals surface area contributed by atoms with Gasteiger partial charge in [0.05, 0.1) is 6.61 Å². The van der Waals surface area contributed by atoms with Crippen molar-refractivity contribution in [1.82, 2.24) is 10.6 Å². The van der Waals surface area contributed by atoms with Gasteiger partial charge in [0.1, 0.15) is 0 Å². The van der Waals surface area contributed by atoms with Crippen LogP contribution >= 0.6 is 27.5 Å². The fraction of sp³-hybridized carbons (Fsp3) is 0.409. The van der Waals surface area contributed by atoms with E-state index in [1.165, 1.54) is 0 Å². The molecular formula is C22H28BrClN2O3. The van der Waals surface area contributed by atoms with Crippen molar-refractivity contribution in [3.8, 4) is 11.5 Å². The first-order valence-corrected chi connectivity index (χ1v) is 10.7. The molecule has 0 atom stereocenters. The van der Waals surface area contributed by atoms with Gasteiger partial charge < -0.3 is 20.1 Å². The van der Waals surface area contributed by atoms with E-state index in [0.29, 0.717) is 31.2 Å². The number of ether oxygens (including phenoxy) is 2. The number of nitrogens with one attached hydrogen (secondary N) is 2. The van der Waals surface area contributed by atoms with Crippen LogP contribution in [0.1, 0.15) is 38.8 Å². The van der Waals surface area contributed by atoms with Gasteiger partial charge in [0.25, 0.3) is 5.91 Å². The normalized spacial score (nSPS) is 11.2. The van der Waals surface area contributed by atoms with Crippen molar-refractivity contribution in [3.05, 3.63) is 57.0 Å². The highest BCUT2D eigenvalue weighted by Crippen LogP contribution is 2.34. The molecule has 0 bridgehead atoms. The summed E-state index contributed by atoms with van der Waals surface area (Å²) in [5, 5.41) is 7.01. The fourth-order valence-electron chi connectivity index (χ4n) is 2.67. The average Bonchev–Trinajstić information content (AvgIpc) is 2.63. The van der Waals surface area contributed by atoms with Crippen LogP contribution in [0.25, 0.3) is 0 Å². The molecule has 0 aliphatic rings. The number of carbonyl (C=O) groups excluding carboxylic acids is 1. The zero-order chi connectivity index (χ0) is 21.4. The lowest BCUT2D eigenvalue weighted by molar-refractivity contribution is -0.124. The lowest BCUT2D eigenvalue weighted by Crippen LogP contribution is -2.43. The standard InChI is InChI=1S/C22H28BrClN2O3/c1-5-28-19-10-16(13-25-12-15-8-6-7-9-18(15)24)17(23)11-20(19)29-14-21(27)26-22(2,3)4/h6-11,25H,5,12-14H2,1-4H3,(H,26,27). The van der Waals surface area contributed by atoms with Crippen LogP contribution in [0, 0.1) is 0 Å². The summed E-state index contributed by atoms with van der Waals surface area (Å²) in [5.74, 6) is 0.952. The summed E-state index contributed by atoms with van der Waals surface area (Å²) in [4.78, 5) is 12.0. The first-order valence-electron chi connectivity index (χ1n) is 9.52. The largest absolute Gasteiger partial charge is 0.490 e. The molecule has 7 heteroatoms. The van der Waals surface area contributed by atoms with E-state index >= 15 is 0 Å². The van der Waals surface area contributed by atoms with Crippen molar-refractivity contribution in [2.24, 2.45) is 0 Å². The third-order valence-electron chi connectivity index (χ3n) is 3.87. The molecule has 0 aromatic heterocycles. The predicted octanol–water partition coefficient (Wildman–Crippen LogP) is 5.08. The maximum atomic E-state index is 12.0. The Morgan fingerprint density at radius 3 is 2.38 bits per heavy atom. The second-order valence-electron chi connectivity index (χ2n) is 7.61. The number of hydrogen-bond donors (Lipinski definition) is 2. The summed E-state index contributed by atoms with van der Waals surface area (Å²) in [6.45, 7) is 9.39. The topological polar surface area (TPSA) is 59.6 Å². The molecule has 0 saturated heterocycles. The highest BCUT2D eigenvalue weighted by molar-refractivity contribution is 9.10. The van der Waals surface area contributed by atoms with Gasteiger partial charge in [-0.15, -0.1) is 0 Å². The number of halogens is 2. The molecule has 29 heavy (non-hydrogen) atoms. The molecule has 0 radical (unpaired) electrons. The number of rotatable bonds is 9. The second kappa shape index (κ2) is 10.9. The van der Waals surface area contributed by atoms with Gasteiger partial charge in [-0.3, -0.25) is 4.79 Å². The van der Waals surface area contributed by atoms with Crippen molar-refractivity contribution in [3.63, 3.8) is 0 Å². The second-order valence-corrected chi connectivity index (χ2v) is 8.87. The van der Waals surface area contributed by atoms with E-state index in [1.807, 2.05) is 64.1 Å². The molecule has 5 nitrogen and oxygen atoms in total. The third-order valence-corrected chi connectivity index (χ3v) is 4.98. The van der Waals surface area contributed by atoms with Crippen LogP contribution in [-0.2, 0) is 17.9 Å². The molecule has 2 N–H and O–H groups in total. The maximum absolute atomic E-state index is 12.0. The van der Waals surface area contributed by atoms with Gasteiger partial charge in [-0.05, 0) is 57.0 Å². The van der Waals surface area contributed by atoms with Crippen LogP contribution in [0.2, 0.25) is 5.02 Å². The number of amides is 1. The number of benzene rings is 2. The van der Waals surface area contributed by atoms with Gasteiger partial charge in [0.15, 0.2) is 18.1 Å². The summed E-state index contributed by atoms with van der Waals surface area (Å²) in [7, 11) is 0. The van der Waals surface area contributed by atoms with E-state index in [4.69, 9.17) is 21.1 Å². The van der Waals surface area contributed by atoms with E-state index in [0.717, 1.165) is 20.6 Å². The maximum Gasteiger partial charge on any atom is 0.258 e. The first-order chi connectivity index (χ1) is 13.7. The Hall–Kier alpha value is -1.76. The molecule has 2 aromatic rings. The number of carbonyl (C=O) groups is 1. The van der Waals surface area contributed by atoms with Crippen molar-refractivity contribution in [2.45, 2.75) is 46.3 Å². The predicted molar refractivity (Wildman–Crippen MR) is 121 cm³/mol. The van der Waals surface area contributed by atoms with Gasteiger partial charge >= 0.3 is 0 Å². The van der Waals surface area contributed by atoms with Gasteiger partial charge in [-0.25, -0.2) is 0 Å². The quantitative estimate of drug-likeness (QED) is 0.522. The van der Waals surface area contributed by atoms with E-state index in [1.54, 1.807) is 0 Å². The minimum Gasteiger partial charge on any atom is -0.490 e. The minimum atomic E-state index is -0.305. The Morgan fingerprint density at radius 1 is 1.07 bits per heavy atom. The molecular weight excluding hydrogens is 456 g/mol. The molecule has 2 rings (SSSR count). The molecule has 0 saturated carbocycles. The number of hydrogen-bond acceptors (Lipinski definition) is 4. The molecule has 0 spiro atoms. The van der Waals surface area contributed by atoms with Crippen LogP contribution in [0.15, 0.2) is 40.9 Å². The molecule has 158 valence electrons. The van der Waals surface area contributed by atoms with Crippen LogP contribution in [-0.4, -0.2) is 24.7 Å². The Morgan fingerprint density at radius 2 is 1.72 bits per heavy atom. The zero-order valence-electron chi connectivity index (χ0n) is 17.3. The van der Waals surface area contributed by atoms with Crippen molar-refractivity contribution >= 4 is 33.4 Å². The van der Waals surface area contributed by atoms with Crippen LogP contribution in [0.3, 0.4) is 0 Å². The SMILES string of the molecule is CCOc1cc(CNCc2ccccc2Cl)c(Br)cc1OCC(=O)NC(C)(C)C. The molecule has 0 aliphatic heterocycles.